The Morgan fingerprint density at radius 1 is 1.29 bits per heavy atom. The summed E-state index contributed by atoms with van der Waals surface area (Å²) < 4.78 is 30.4. The van der Waals surface area contributed by atoms with E-state index in [1.165, 1.54) is 12.1 Å². The molecule has 17 heavy (non-hydrogen) atoms. The van der Waals surface area contributed by atoms with Gasteiger partial charge in [0.15, 0.2) is 0 Å². The van der Waals surface area contributed by atoms with Crippen molar-refractivity contribution in [1.82, 2.24) is 0 Å². The summed E-state index contributed by atoms with van der Waals surface area (Å²) in [4.78, 5) is 0. The van der Waals surface area contributed by atoms with Gasteiger partial charge in [-0.2, -0.15) is 0 Å². The van der Waals surface area contributed by atoms with Crippen LogP contribution in [0.2, 0.25) is 0 Å². The van der Waals surface area contributed by atoms with Crippen LogP contribution in [0.25, 0.3) is 0 Å². The van der Waals surface area contributed by atoms with Gasteiger partial charge in [-0.05, 0) is 24.5 Å². The Morgan fingerprint density at radius 2 is 2.06 bits per heavy atom. The van der Waals surface area contributed by atoms with Crippen LogP contribution in [0.4, 0.5) is 8.78 Å². The molecule has 4 heteroatoms. The van der Waals surface area contributed by atoms with Crippen molar-refractivity contribution >= 4 is 0 Å². The lowest BCUT2D eigenvalue weighted by atomic mass is 9.90. The third-order valence-corrected chi connectivity index (χ3v) is 3.15. The van der Waals surface area contributed by atoms with Crippen molar-refractivity contribution in [2.24, 2.45) is 5.92 Å². The number of hydrogen-bond donors (Lipinski definition) is 1. The van der Waals surface area contributed by atoms with Crippen LogP contribution in [-0.2, 0) is 4.74 Å². The smallest absolute Gasteiger partial charge is 0.263 e. The van der Waals surface area contributed by atoms with Gasteiger partial charge in [-0.3, -0.25) is 0 Å². The Morgan fingerprint density at radius 3 is 2.71 bits per heavy atom. The fourth-order valence-electron chi connectivity index (χ4n) is 2.17. The van der Waals surface area contributed by atoms with E-state index in [-0.39, 0.29) is 11.5 Å². The molecule has 1 aromatic rings. The molecule has 0 bridgehead atoms. The van der Waals surface area contributed by atoms with Gasteiger partial charge in [-0.1, -0.05) is 18.2 Å². The maximum atomic E-state index is 12.5. The second-order valence-electron chi connectivity index (χ2n) is 4.39. The van der Waals surface area contributed by atoms with E-state index in [1.807, 2.05) is 0 Å². The second-order valence-corrected chi connectivity index (χ2v) is 4.39. The van der Waals surface area contributed by atoms with Gasteiger partial charge in [0, 0.05) is 18.1 Å². The molecule has 1 fully saturated rings. The normalized spacial score (nSPS) is 22.7. The summed E-state index contributed by atoms with van der Waals surface area (Å²) in [7, 11) is 0. The van der Waals surface area contributed by atoms with Crippen molar-refractivity contribution in [3.63, 3.8) is 0 Å². The van der Waals surface area contributed by atoms with Crippen molar-refractivity contribution in [2.45, 2.75) is 25.4 Å². The van der Waals surface area contributed by atoms with Gasteiger partial charge in [-0.15, -0.1) is 0 Å². The van der Waals surface area contributed by atoms with Crippen molar-refractivity contribution in [2.75, 3.05) is 13.2 Å². The molecule has 1 aromatic carbocycles. The number of alkyl halides is 2. The van der Waals surface area contributed by atoms with Crippen LogP contribution in [0.15, 0.2) is 24.3 Å². The SMILES string of the molecule is OC(c1cccc(C(F)F)c1)C1CCCOC1. The quantitative estimate of drug-likeness (QED) is 0.882. The number of ether oxygens (including phenoxy) is 1. The highest BCUT2D eigenvalue weighted by atomic mass is 19.3. The minimum absolute atomic E-state index is 0.0108. The van der Waals surface area contributed by atoms with E-state index in [0.29, 0.717) is 12.2 Å². The van der Waals surface area contributed by atoms with Gasteiger partial charge in [0.05, 0.1) is 12.7 Å². The first-order chi connectivity index (χ1) is 8.18. The second kappa shape index (κ2) is 5.56. The van der Waals surface area contributed by atoms with Crippen molar-refractivity contribution < 1.29 is 18.6 Å². The number of halogens is 2. The van der Waals surface area contributed by atoms with Crippen molar-refractivity contribution in [3.05, 3.63) is 35.4 Å². The highest BCUT2D eigenvalue weighted by molar-refractivity contribution is 5.26. The maximum absolute atomic E-state index is 12.5. The standard InChI is InChI=1S/C13H16F2O2/c14-13(15)10-4-1-3-9(7-10)12(16)11-5-2-6-17-8-11/h1,3-4,7,11-13,16H,2,5-6,8H2. The molecule has 2 nitrogen and oxygen atoms in total. The van der Waals surface area contributed by atoms with Crippen LogP contribution in [0, 0.1) is 5.92 Å². The Balaban J connectivity index is 2.12. The Labute approximate surface area is 99.2 Å². The molecule has 0 radical (unpaired) electrons. The van der Waals surface area contributed by atoms with E-state index in [9.17, 15) is 13.9 Å². The first kappa shape index (κ1) is 12.5. The summed E-state index contributed by atoms with van der Waals surface area (Å²) >= 11 is 0. The highest BCUT2D eigenvalue weighted by Gasteiger charge is 2.24. The molecule has 2 rings (SSSR count). The summed E-state index contributed by atoms with van der Waals surface area (Å²) in [5, 5.41) is 10.1. The predicted octanol–water partition coefficient (Wildman–Crippen LogP) is 3.08. The lowest BCUT2D eigenvalue weighted by molar-refractivity contribution is -0.0101. The van der Waals surface area contributed by atoms with Gasteiger partial charge in [0.25, 0.3) is 6.43 Å². The van der Waals surface area contributed by atoms with Crippen LogP contribution in [0.3, 0.4) is 0 Å². The van der Waals surface area contributed by atoms with Crippen LogP contribution in [0.1, 0.15) is 36.5 Å². The largest absolute Gasteiger partial charge is 0.388 e. The van der Waals surface area contributed by atoms with Gasteiger partial charge in [-0.25, -0.2) is 8.78 Å². The summed E-state index contributed by atoms with van der Waals surface area (Å²) in [6.07, 6.45) is -1.42. The van der Waals surface area contributed by atoms with Gasteiger partial charge >= 0.3 is 0 Å². The molecule has 1 aliphatic heterocycles. The van der Waals surface area contributed by atoms with E-state index in [2.05, 4.69) is 0 Å². The molecule has 1 aliphatic rings. The lowest BCUT2D eigenvalue weighted by Gasteiger charge is -2.27. The van der Waals surface area contributed by atoms with E-state index in [4.69, 9.17) is 4.74 Å². The summed E-state index contributed by atoms with van der Waals surface area (Å²) in [6, 6.07) is 6.00. The fraction of sp³-hybridized carbons (Fsp3) is 0.538. The first-order valence-corrected chi connectivity index (χ1v) is 5.82. The lowest BCUT2D eigenvalue weighted by Crippen LogP contribution is -2.23. The Kier molecular flexibility index (Phi) is 4.07. The summed E-state index contributed by atoms with van der Waals surface area (Å²) in [5.74, 6) is 0.0108. The molecule has 1 N–H and O–H groups in total. The van der Waals surface area contributed by atoms with E-state index >= 15 is 0 Å². The van der Waals surface area contributed by atoms with Crippen molar-refractivity contribution in [3.8, 4) is 0 Å². The molecule has 0 amide bonds. The molecule has 94 valence electrons. The monoisotopic (exact) mass is 242 g/mol. The zero-order valence-electron chi connectivity index (χ0n) is 9.48. The molecular weight excluding hydrogens is 226 g/mol. The van der Waals surface area contributed by atoms with E-state index < -0.39 is 12.5 Å². The Hall–Kier alpha value is -1.00. The summed E-state index contributed by atoms with van der Waals surface area (Å²) in [5.41, 5.74) is 0.511. The third kappa shape index (κ3) is 3.01. The topological polar surface area (TPSA) is 29.5 Å². The third-order valence-electron chi connectivity index (χ3n) is 3.15. The van der Waals surface area contributed by atoms with Gasteiger partial charge in [0.1, 0.15) is 0 Å². The molecule has 0 aliphatic carbocycles. The molecule has 1 saturated heterocycles. The van der Waals surface area contributed by atoms with E-state index in [1.54, 1.807) is 12.1 Å². The summed E-state index contributed by atoms with van der Waals surface area (Å²) in [6.45, 7) is 1.22. The number of aliphatic hydroxyl groups is 1. The zero-order chi connectivity index (χ0) is 12.3. The molecule has 0 aromatic heterocycles. The van der Waals surface area contributed by atoms with Gasteiger partial charge in [0.2, 0.25) is 0 Å². The average molecular weight is 242 g/mol. The Bertz CT molecular complexity index is 362. The van der Waals surface area contributed by atoms with Crippen LogP contribution >= 0.6 is 0 Å². The fourth-order valence-corrected chi connectivity index (χ4v) is 2.17. The number of hydrogen-bond acceptors (Lipinski definition) is 2. The average Bonchev–Trinajstić information content (AvgIpc) is 2.39. The van der Waals surface area contributed by atoms with Crippen LogP contribution < -0.4 is 0 Å². The van der Waals surface area contributed by atoms with E-state index in [0.717, 1.165) is 19.4 Å². The molecule has 2 atom stereocenters. The number of benzene rings is 1. The minimum atomic E-state index is -2.50. The van der Waals surface area contributed by atoms with Crippen LogP contribution in [0.5, 0.6) is 0 Å². The maximum Gasteiger partial charge on any atom is 0.263 e. The highest BCUT2D eigenvalue weighted by Crippen LogP contribution is 2.30. The van der Waals surface area contributed by atoms with Crippen LogP contribution in [-0.4, -0.2) is 18.3 Å². The van der Waals surface area contributed by atoms with Gasteiger partial charge < -0.3 is 9.84 Å². The minimum Gasteiger partial charge on any atom is -0.388 e. The number of aliphatic hydroxyl groups excluding tert-OH is 1. The molecule has 0 saturated carbocycles. The zero-order valence-corrected chi connectivity index (χ0v) is 9.48. The molecule has 1 heterocycles. The molecule has 2 unspecified atom stereocenters. The van der Waals surface area contributed by atoms with Crippen molar-refractivity contribution in [1.29, 1.82) is 0 Å². The number of rotatable bonds is 3. The molecule has 0 spiro atoms. The molecular formula is C13H16F2O2. The first-order valence-electron chi connectivity index (χ1n) is 5.82. The predicted molar refractivity (Wildman–Crippen MR) is 59.9 cm³/mol.